The molecule has 122 valence electrons. The van der Waals surface area contributed by atoms with Crippen molar-refractivity contribution in [2.24, 2.45) is 0 Å². The molecule has 3 aromatic rings. The van der Waals surface area contributed by atoms with Crippen LogP contribution in [0.2, 0.25) is 0 Å². The van der Waals surface area contributed by atoms with Crippen molar-refractivity contribution in [1.82, 2.24) is 14.9 Å². The number of imidazole rings is 1. The van der Waals surface area contributed by atoms with E-state index in [0.29, 0.717) is 6.54 Å². The molecule has 0 aliphatic rings. The van der Waals surface area contributed by atoms with Gasteiger partial charge in [-0.15, -0.1) is 0 Å². The summed E-state index contributed by atoms with van der Waals surface area (Å²) in [6.07, 6.45) is 6.76. The highest BCUT2D eigenvalue weighted by atomic mass is 16.1. The van der Waals surface area contributed by atoms with Gasteiger partial charge in [0.25, 0.3) is 0 Å². The second-order valence-electron chi connectivity index (χ2n) is 5.62. The standard InChI is InChI=1S/C20H21N3O/c24-16-21-14-6-13-20-22-18-11-4-5-12-19(18)23(20)15-7-10-17-8-2-1-3-9-17/h1-5,7-12,16H,6,13-15H2,(H,21,24). The maximum atomic E-state index is 10.4. The summed E-state index contributed by atoms with van der Waals surface area (Å²) in [5, 5.41) is 2.70. The third-order valence-corrected chi connectivity index (χ3v) is 3.94. The predicted molar refractivity (Wildman–Crippen MR) is 97.6 cm³/mol. The molecule has 0 fully saturated rings. The number of hydrogen-bond donors (Lipinski definition) is 1. The molecule has 3 rings (SSSR count). The number of carbonyl (C=O) groups excluding carboxylic acids is 1. The number of nitrogens with one attached hydrogen (secondary N) is 1. The molecular weight excluding hydrogens is 298 g/mol. The maximum Gasteiger partial charge on any atom is 0.207 e. The van der Waals surface area contributed by atoms with Gasteiger partial charge in [0.1, 0.15) is 5.82 Å². The molecule has 0 unspecified atom stereocenters. The molecule has 4 heteroatoms. The Hall–Kier alpha value is -2.88. The van der Waals surface area contributed by atoms with Gasteiger partial charge in [0, 0.05) is 19.5 Å². The molecule has 0 bridgehead atoms. The number of aromatic nitrogens is 2. The number of aryl methyl sites for hydroxylation is 1. The SMILES string of the molecule is O=CNCCCc1nc2ccccc2n1CC=Cc1ccccc1. The number of allylic oxidation sites excluding steroid dienone is 1. The van der Waals surface area contributed by atoms with Crippen LogP contribution in [-0.2, 0) is 17.8 Å². The predicted octanol–water partition coefficient (Wildman–Crippen LogP) is 3.43. The number of nitrogens with zero attached hydrogens (tertiary/aromatic N) is 2. The number of para-hydroxylation sites is 2. The van der Waals surface area contributed by atoms with Crippen LogP contribution in [0.25, 0.3) is 17.1 Å². The van der Waals surface area contributed by atoms with Crippen LogP contribution < -0.4 is 5.32 Å². The number of amides is 1. The average Bonchev–Trinajstić information content (AvgIpc) is 2.97. The van der Waals surface area contributed by atoms with Gasteiger partial charge >= 0.3 is 0 Å². The Morgan fingerprint density at radius 1 is 1.04 bits per heavy atom. The van der Waals surface area contributed by atoms with Gasteiger partial charge in [0.15, 0.2) is 0 Å². The van der Waals surface area contributed by atoms with Crippen molar-refractivity contribution in [3.63, 3.8) is 0 Å². The Bertz CT molecular complexity index is 821. The van der Waals surface area contributed by atoms with Gasteiger partial charge in [0.05, 0.1) is 11.0 Å². The first-order valence-corrected chi connectivity index (χ1v) is 8.21. The van der Waals surface area contributed by atoms with Crippen molar-refractivity contribution < 1.29 is 4.79 Å². The molecule has 1 aromatic heterocycles. The molecule has 0 spiro atoms. The molecule has 0 atom stereocenters. The fourth-order valence-electron chi connectivity index (χ4n) is 2.79. The minimum atomic E-state index is 0.673. The van der Waals surface area contributed by atoms with Crippen molar-refractivity contribution in [1.29, 1.82) is 0 Å². The van der Waals surface area contributed by atoms with E-state index >= 15 is 0 Å². The highest BCUT2D eigenvalue weighted by molar-refractivity contribution is 5.76. The Labute approximate surface area is 141 Å². The lowest BCUT2D eigenvalue weighted by atomic mass is 10.2. The van der Waals surface area contributed by atoms with Crippen LogP contribution in [0.3, 0.4) is 0 Å². The van der Waals surface area contributed by atoms with Crippen LogP contribution in [0.1, 0.15) is 17.8 Å². The normalized spacial score (nSPS) is 11.2. The van der Waals surface area contributed by atoms with E-state index in [-0.39, 0.29) is 0 Å². The van der Waals surface area contributed by atoms with E-state index in [9.17, 15) is 4.79 Å². The van der Waals surface area contributed by atoms with Gasteiger partial charge in [-0.25, -0.2) is 4.98 Å². The minimum absolute atomic E-state index is 0.673. The zero-order valence-corrected chi connectivity index (χ0v) is 13.6. The zero-order valence-electron chi connectivity index (χ0n) is 13.6. The molecule has 0 aliphatic carbocycles. The van der Waals surface area contributed by atoms with E-state index in [1.165, 1.54) is 5.56 Å². The molecule has 0 aliphatic heterocycles. The first kappa shape index (κ1) is 16.0. The Morgan fingerprint density at radius 3 is 2.67 bits per heavy atom. The van der Waals surface area contributed by atoms with Crippen molar-refractivity contribution in [2.75, 3.05) is 6.54 Å². The van der Waals surface area contributed by atoms with Crippen molar-refractivity contribution in [3.8, 4) is 0 Å². The molecule has 0 saturated carbocycles. The topological polar surface area (TPSA) is 46.9 Å². The highest BCUT2D eigenvalue weighted by Gasteiger charge is 2.08. The van der Waals surface area contributed by atoms with E-state index in [1.54, 1.807) is 0 Å². The van der Waals surface area contributed by atoms with Crippen molar-refractivity contribution in [3.05, 3.63) is 72.1 Å². The molecule has 1 amide bonds. The third kappa shape index (κ3) is 3.90. The Morgan fingerprint density at radius 2 is 1.83 bits per heavy atom. The van der Waals surface area contributed by atoms with Gasteiger partial charge in [-0.3, -0.25) is 4.79 Å². The fraction of sp³-hybridized carbons (Fsp3) is 0.200. The third-order valence-electron chi connectivity index (χ3n) is 3.94. The maximum absolute atomic E-state index is 10.4. The van der Waals surface area contributed by atoms with Crippen LogP contribution in [0.4, 0.5) is 0 Å². The molecule has 0 saturated heterocycles. The largest absolute Gasteiger partial charge is 0.359 e. The summed E-state index contributed by atoms with van der Waals surface area (Å²) in [4.78, 5) is 15.1. The van der Waals surface area contributed by atoms with E-state index in [0.717, 1.165) is 42.7 Å². The second-order valence-corrected chi connectivity index (χ2v) is 5.62. The molecule has 0 radical (unpaired) electrons. The summed E-state index contributed by atoms with van der Waals surface area (Å²) >= 11 is 0. The number of fused-ring (bicyclic) bond motifs is 1. The lowest BCUT2D eigenvalue weighted by Crippen LogP contribution is -2.14. The van der Waals surface area contributed by atoms with Crippen LogP contribution in [0.15, 0.2) is 60.7 Å². The smallest absolute Gasteiger partial charge is 0.207 e. The quantitative estimate of drug-likeness (QED) is 0.511. The van der Waals surface area contributed by atoms with E-state index in [1.807, 2.05) is 36.4 Å². The first-order valence-electron chi connectivity index (χ1n) is 8.21. The summed E-state index contributed by atoms with van der Waals surface area (Å²) in [5.41, 5.74) is 3.36. The monoisotopic (exact) mass is 319 g/mol. The van der Waals surface area contributed by atoms with E-state index in [4.69, 9.17) is 4.98 Å². The summed E-state index contributed by atoms with van der Waals surface area (Å²) < 4.78 is 2.25. The van der Waals surface area contributed by atoms with Crippen LogP contribution >= 0.6 is 0 Å². The van der Waals surface area contributed by atoms with Crippen molar-refractivity contribution in [2.45, 2.75) is 19.4 Å². The first-order chi connectivity index (χ1) is 11.9. The molecule has 2 aromatic carbocycles. The molecular formula is C20H21N3O. The van der Waals surface area contributed by atoms with E-state index < -0.39 is 0 Å². The van der Waals surface area contributed by atoms with Gasteiger partial charge in [-0.2, -0.15) is 0 Å². The lowest BCUT2D eigenvalue weighted by molar-refractivity contribution is -0.109. The van der Waals surface area contributed by atoms with Gasteiger partial charge in [-0.1, -0.05) is 54.6 Å². The zero-order chi connectivity index (χ0) is 16.6. The number of hydrogen-bond acceptors (Lipinski definition) is 2. The molecule has 1 heterocycles. The average molecular weight is 319 g/mol. The van der Waals surface area contributed by atoms with Crippen molar-refractivity contribution >= 4 is 23.5 Å². The Balaban J connectivity index is 1.78. The lowest BCUT2D eigenvalue weighted by Gasteiger charge is -2.06. The molecule has 4 nitrogen and oxygen atoms in total. The number of rotatable bonds is 8. The Kier molecular flexibility index (Phi) is 5.40. The number of carbonyl (C=O) groups is 1. The molecule has 24 heavy (non-hydrogen) atoms. The van der Waals surface area contributed by atoms with E-state index in [2.05, 4.69) is 40.2 Å². The summed E-state index contributed by atoms with van der Waals surface area (Å²) in [7, 11) is 0. The fourth-order valence-corrected chi connectivity index (χ4v) is 2.79. The van der Waals surface area contributed by atoms with Crippen LogP contribution in [-0.4, -0.2) is 22.5 Å². The second kappa shape index (κ2) is 8.11. The summed E-state index contributed by atoms with van der Waals surface area (Å²) in [5.74, 6) is 1.06. The number of benzene rings is 2. The van der Waals surface area contributed by atoms with Crippen LogP contribution in [0, 0.1) is 0 Å². The molecule has 1 N–H and O–H groups in total. The van der Waals surface area contributed by atoms with Gasteiger partial charge < -0.3 is 9.88 Å². The van der Waals surface area contributed by atoms with Gasteiger partial charge in [0.2, 0.25) is 6.41 Å². The van der Waals surface area contributed by atoms with Crippen LogP contribution in [0.5, 0.6) is 0 Å². The summed E-state index contributed by atoms with van der Waals surface area (Å²) in [6.45, 7) is 1.46. The summed E-state index contributed by atoms with van der Waals surface area (Å²) in [6, 6.07) is 18.5. The highest BCUT2D eigenvalue weighted by Crippen LogP contribution is 2.17. The van der Waals surface area contributed by atoms with Gasteiger partial charge in [-0.05, 0) is 24.1 Å². The minimum Gasteiger partial charge on any atom is -0.359 e.